The Morgan fingerprint density at radius 3 is 2.55 bits per heavy atom. The van der Waals surface area contributed by atoms with Gasteiger partial charge in [0.2, 0.25) is 10.0 Å². The van der Waals surface area contributed by atoms with Gasteiger partial charge in [0.1, 0.15) is 18.1 Å². The van der Waals surface area contributed by atoms with Crippen molar-refractivity contribution in [2.24, 2.45) is 0 Å². The number of ether oxygens (including phenoxy) is 2. The van der Waals surface area contributed by atoms with Gasteiger partial charge in [0.25, 0.3) is 0 Å². The molecule has 1 N–H and O–H groups in total. The maximum absolute atomic E-state index is 12.5. The second kappa shape index (κ2) is 10.3. The number of nitrogens with zero attached hydrogens (tertiary/aromatic N) is 2. The van der Waals surface area contributed by atoms with Crippen LogP contribution in [0.5, 0.6) is 11.5 Å². The zero-order chi connectivity index (χ0) is 22.3. The van der Waals surface area contributed by atoms with Crippen LogP contribution in [-0.2, 0) is 23.2 Å². The summed E-state index contributed by atoms with van der Waals surface area (Å²) in [6.45, 7) is 3.23. The van der Waals surface area contributed by atoms with Gasteiger partial charge in [0.15, 0.2) is 0 Å². The lowest BCUT2D eigenvalue weighted by atomic mass is 10.2. The van der Waals surface area contributed by atoms with Crippen molar-refractivity contribution < 1.29 is 17.9 Å². The highest BCUT2D eigenvalue weighted by molar-refractivity contribution is 7.89. The maximum Gasteiger partial charge on any atom is 0.242 e. The average Bonchev–Trinajstić information content (AvgIpc) is 2.78. The summed E-state index contributed by atoms with van der Waals surface area (Å²) in [6.07, 6.45) is 1.74. The minimum Gasteiger partial charge on any atom is -0.492 e. The molecule has 3 rings (SSSR count). The molecule has 1 aromatic heterocycles. The van der Waals surface area contributed by atoms with Gasteiger partial charge in [-0.3, -0.25) is 4.98 Å². The molecule has 0 unspecified atom stereocenters. The summed E-state index contributed by atoms with van der Waals surface area (Å²) in [7, 11) is -0.524. The van der Waals surface area contributed by atoms with Gasteiger partial charge in [-0.15, -0.1) is 0 Å². The number of pyridine rings is 1. The zero-order valence-corrected chi connectivity index (χ0v) is 18.7. The summed E-state index contributed by atoms with van der Waals surface area (Å²) in [5, 5.41) is 3.29. The molecule has 1 heterocycles. The van der Waals surface area contributed by atoms with Crippen LogP contribution in [0.2, 0.25) is 0 Å². The lowest BCUT2D eigenvalue weighted by molar-refractivity contribution is 0.301. The molecule has 3 aromatic rings. The molecule has 31 heavy (non-hydrogen) atoms. The van der Waals surface area contributed by atoms with Crippen molar-refractivity contribution in [3.63, 3.8) is 0 Å². The SMILES string of the molecule is CCOc1ccc(S(=O)(=O)N(C)C)cc1NCc1cccc(OCc2ccccn2)c1. The summed E-state index contributed by atoms with van der Waals surface area (Å²) in [5.74, 6) is 1.33. The largest absolute Gasteiger partial charge is 0.492 e. The van der Waals surface area contributed by atoms with E-state index in [2.05, 4.69) is 10.3 Å². The van der Waals surface area contributed by atoms with E-state index in [1.165, 1.54) is 18.4 Å². The Kier molecular flexibility index (Phi) is 7.49. The number of aromatic nitrogens is 1. The summed E-state index contributed by atoms with van der Waals surface area (Å²) in [6, 6.07) is 18.3. The van der Waals surface area contributed by atoms with Crippen molar-refractivity contribution in [1.29, 1.82) is 0 Å². The normalized spacial score (nSPS) is 11.4. The first-order chi connectivity index (χ1) is 14.9. The first-order valence-electron chi connectivity index (χ1n) is 9.95. The Labute approximate surface area is 183 Å². The van der Waals surface area contributed by atoms with Crippen LogP contribution in [0.3, 0.4) is 0 Å². The van der Waals surface area contributed by atoms with Gasteiger partial charge in [-0.05, 0) is 55.0 Å². The summed E-state index contributed by atoms with van der Waals surface area (Å²) in [4.78, 5) is 4.46. The van der Waals surface area contributed by atoms with Gasteiger partial charge in [0, 0.05) is 26.8 Å². The minimum absolute atomic E-state index is 0.205. The van der Waals surface area contributed by atoms with Crippen LogP contribution in [0.15, 0.2) is 71.8 Å². The molecule has 0 radical (unpaired) electrons. The van der Waals surface area contributed by atoms with E-state index >= 15 is 0 Å². The number of anilines is 1. The van der Waals surface area contributed by atoms with E-state index in [0.29, 0.717) is 31.2 Å². The zero-order valence-electron chi connectivity index (χ0n) is 17.9. The molecule has 8 heteroatoms. The van der Waals surface area contributed by atoms with Crippen LogP contribution < -0.4 is 14.8 Å². The first-order valence-corrected chi connectivity index (χ1v) is 11.4. The van der Waals surface area contributed by atoms with Crippen molar-refractivity contribution in [1.82, 2.24) is 9.29 Å². The fraction of sp³-hybridized carbons (Fsp3) is 0.261. The van der Waals surface area contributed by atoms with Crippen molar-refractivity contribution in [3.8, 4) is 11.5 Å². The minimum atomic E-state index is -3.54. The molecular formula is C23H27N3O4S. The van der Waals surface area contributed by atoms with Crippen molar-refractivity contribution in [2.75, 3.05) is 26.0 Å². The van der Waals surface area contributed by atoms with Crippen LogP contribution in [0.4, 0.5) is 5.69 Å². The molecule has 0 fully saturated rings. The highest BCUT2D eigenvalue weighted by Crippen LogP contribution is 2.29. The molecule has 0 amide bonds. The van der Waals surface area contributed by atoms with Crippen molar-refractivity contribution in [3.05, 3.63) is 78.1 Å². The maximum atomic E-state index is 12.5. The van der Waals surface area contributed by atoms with Crippen LogP contribution in [-0.4, -0.2) is 38.4 Å². The number of rotatable bonds is 10. The smallest absolute Gasteiger partial charge is 0.242 e. The third-order valence-corrected chi connectivity index (χ3v) is 6.33. The molecule has 0 aliphatic heterocycles. The van der Waals surface area contributed by atoms with Gasteiger partial charge >= 0.3 is 0 Å². The Hall–Kier alpha value is -3.10. The monoisotopic (exact) mass is 441 g/mol. The molecule has 164 valence electrons. The molecule has 0 saturated carbocycles. The van der Waals surface area contributed by atoms with E-state index < -0.39 is 10.0 Å². The first kappa shape index (κ1) is 22.6. The Bertz CT molecular complexity index is 1100. The summed E-state index contributed by atoms with van der Waals surface area (Å²) < 4.78 is 37.7. The van der Waals surface area contributed by atoms with Gasteiger partial charge in [0.05, 0.1) is 22.9 Å². The molecule has 0 saturated heterocycles. The van der Waals surface area contributed by atoms with Crippen LogP contribution >= 0.6 is 0 Å². The Balaban J connectivity index is 1.74. The van der Waals surface area contributed by atoms with Crippen LogP contribution in [0.1, 0.15) is 18.2 Å². The summed E-state index contributed by atoms with van der Waals surface area (Å²) >= 11 is 0. The lowest BCUT2D eigenvalue weighted by Crippen LogP contribution is -2.22. The molecule has 0 spiro atoms. The van der Waals surface area contributed by atoms with Crippen molar-refractivity contribution in [2.45, 2.75) is 25.0 Å². The lowest BCUT2D eigenvalue weighted by Gasteiger charge is -2.16. The van der Waals surface area contributed by atoms with Crippen LogP contribution in [0.25, 0.3) is 0 Å². The Morgan fingerprint density at radius 1 is 1.00 bits per heavy atom. The second-order valence-corrected chi connectivity index (χ2v) is 9.14. The van der Waals surface area contributed by atoms with E-state index in [4.69, 9.17) is 9.47 Å². The third kappa shape index (κ3) is 5.96. The third-order valence-electron chi connectivity index (χ3n) is 4.52. The highest BCUT2D eigenvalue weighted by atomic mass is 32.2. The molecular weight excluding hydrogens is 414 g/mol. The summed E-state index contributed by atoms with van der Waals surface area (Å²) in [5.41, 5.74) is 2.46. The fourth-order valence-electron chi connectivity index (χ4n) is 2.88. The predicted octanol–water partition coefficient (Wildman–Crippen LogP) is 3.92. The quantitative estimate of drug-likeness (QED) is 0.514. The van der Waals surface area contributed by atoms with Gasteiger partial charge in [-0.25, -0.2) is 12.7 Å². The molecule has 0 aliphatic carbocycles. The fourth-order valence-corrected chi connectivity index (χ4v) is 3.81. The van der Waals surface area contributed by atoms with Gasteiger partial charge in [-0.2, -0.15) is 0 Å². The van der Waals surface area contributed by atoms with Crippen LogP contribution in [0, 0.1) is 0 Å². The predicted molar refractivity (Wildman–Crippen MR) is 121 cm³/mol. The topological polar surface area (TPSA) is 80.8 Å². The number of sulfonamides is 1. The van der Waals surface area contributed by atoms with E-state index in [-0.39, 0.29) is 4.90 Å². The Morgan fingerprint density at radius 2 is 1.84 bits per heavy atom. The number of hydrogen-bond acceptors (Lipinski definition) is 6. The van der Waals surface area contributed by atoms with Gasteiger partial charge in [-0.1, -0.05) is 18.2 Å². The molecule has 0 bridgehead atoms. The van der Waals surface area contributed by atoms with Crippen molar-refractivity contribution >= 4 is 15.7 Å². The molecule has 7 nitrogen and oxygen atoms in total. The number of benzene rings is 2. The van der Waals surface area contributed by atoms with E-state index in [9.17, 15) is 8.42 Å². The van der Waals surface area contributed by atoms with E-state index in [1.807, 2.05) is 49.4 Å². The standard InChI is InChI=1S/C23H27N3O4S/c1-4-29-23-12-11-21(31(27,28)26(2)3)15-22(23)25-16-18-8-7-10-20(14-18)30-17-19-9-5-6-13-24-19/h5-15,25H,4,16-17H2,1-3H3. The average molecular weight is 442 g/mol. The van der Waals surface area contributed by atoms with E-state index in [0.717, 1.165) is 17.0 Å². The van der Waals surface area contributed by atoms with Gasteiger partial charge < -0.3 is 14.8 Å². The highest BCUT2D eigenvalue weighted by Gasteiger charge is 2.19. The molecule has 2 aromatic carbocycles. The second-order valence-electron chi connectivity index (χ2n) is 6.99. The number of hydrogen-bond donors (Lipinski definition) is 1. The van der Waals surface area contributed by atoms with E-state index in [1.54, 1.807) is 24.4 Å². The molecule has 0 aliphatic rings. The molecule has 0 atom stereocenters. The number of nitrogens with one attached hydrogen (secondary N) is 1.